The van der Waals surface area contributed by atoms with Gasteiger partial charge in [-0.1, -0.05) is 20.8 Å². The van der Waals surface area contributed by atoms with E-state index in [4.69, 9.17) is 0 Å². The van der Waals surface area contributed by atoms with E-state index in [9.17, 15) is 30.6 Å². The molecule has 33 heavy (non-hydrogen) atoms. The number of hydrogen-bond acceptors (Lipinski definition) is 6. The van der Waals surface area contributed by atoms with Crippen LogP contribution in [0.3, 0.4) is 0 Å². The maximum absolute atomic E-state index is 11.6. The zero-order valence-electron chi connectivity index (χ0n) is 20.8. The van der Waals surface area contributed by atoms with Crippen LogP contribution in [0, 0.1) is 52.3 Å². The normalized spacial score (nSPS) is 49.3. The molecule has 0 aliphatic heterocycles. The molecule has 4 aliphatic rings. The molecule has 4 fully saturated rings. The Labute approximate surface area is 199 Å². The summed E-state index contributed by atoms with van der Waals surface area (Å²) in [6.45, 7) is 6.39. The van der Waals surface area contributed by atoms with Gasteiger partial charge in [0.2, 0.25) is 0 Å². The molecule has 0 saturated heterocycles. The number of hydrogen-bond donors (Lipinski definition) is 6. The molecule has 6 heteroatoms. The highest BCUT2D eigenvalue weighted by atomic mass is 16.3. The van der Waals surface area contributed by atoms with Gasteiger partial charge in [-0.2, -0.15) is 0 Å². The van der Waals surface area contributed by atoms with Gasteiger partial charge in [-0.25, -0.2) is 0 Å². The Morgan fingerprint density at radius 3 is 2.24 bits per heavy atom. The molecule has 6 N–H and O–H groups in total. The van der Waals surface area contributed by atoms with Crippen molar-refractivity contribution in [2.24, 2.45) is 52.3 Å². The van der Waals surface area contributed by atoms with Crippen molar-refractivity contribution in [1.29, 1.82) is 0 Å². The van der Waals surface area contributed by atoms with Gasteiger partial charge in [0.15, 0.2) is 0 Å². The van der Waals surface area contributed by atoms with Gasteiger partial charge in [-0.3, -0.25) is 0 Å². The fourth-order valence-corrected chi connectivity index (χ4v) is 9.30. The van der Waals surface area contributed by atoms with Gasteiger partial charge in [-0.05, 0) is 104 Å². The zero-order chi connectivity index (χ0) is 24.1. The van der Waals surface area contributed by atoms with Crippen LogP contribution in [0.15, 0.2) is 0 Å². The molecule has 4 saturated carbocycles. The maximum Gasteiger partial charge on any atom is 0.0612 e. The van der Waals surface area contributed by atoms with E-state index in [1.807, 2.05) is 0 Å². The van der Waals surface area contributed by atoms with E-state index in [2.05, 4.69) is 20.8 Å². The van der Waals surface area contributed by atoms with Crippen LogP contribution in [0.2, 0.25) is 0 Å². The zero-order valence-corrected chi connectivity index (χ0v) is 20.8. The summed E-state index contributed by atoms with van der Waals surface area (Å²) in [5.41, 5.74) is -0.153. The summed E-state index contributed by atoms with van der Waals surface area (Å²) in [5.74, 6) is 1.29. The van der Waals surface area contributed by atoms with Gasteiger partial charge < -0.3 is 30.6 Å². The molecule has 12 atom stereocenters. The van der Waals surface area contributed by atoms with Crippen LogP contribution in [0.4, 0.5) is 0 Å². The molecular formula is C27H48O6. The molecule has 4 aliphatic carbocycles. The Morgan fingerprint density at radius 1 is 0.879 bits per heavy atom. The molecule has 2 unspecified atom stereocenters. The first-order chi connectivity index (χ1) is 15.6. The third kappa shape index (κ3) is 4.21. The lowest BCUT2D eigenvalue weighted by Crippen LogP contribution is -2.62. The van der Waals surface area contributed by atoms with Gasteiger partial charge in [-0.15, -0.1) is 0 Å². The number of rotatable bonds is 7. The summed E-state index contributed by atoms with van der Waals surface area (Å²) < 4.78 is 0. The molecule has 0 bridgehead atoms. The summed E-state index contributed by atoms with van der Waals surface area (Å²) in [6, 6.07) is 0. The third-order valence-corrected chi connectivity index (χ3v) is 11.5. The van der Waals surface area contributed by atoms with Crippen molar-refractivity contribution in [3.8, 4) is 0 Å². The SMILES string of the molecule is CC(CCC(O)C(CO)CO)[C@H]1CC[C@H]2[C@@H]3[C@H](O)C[C@@H]4C[C@H](O)CC[C@]4(C)[C@H]3C[C@H](O)[C@]12C. The second kappa shape index (κ2) is 9.67. The van der Waals surface area contributed by atoms with Crippen LogP contribution >= 0.6 is 0 Å². The number of aliphatic hydroxyl groups is 6. The second-order valence-electron chi connectivity index (χ2n) is 12.8. The van der Waals surface area contributed by atoms with Crippen molar-refractivity contribution in [2.45, 2.75) is 103 Å². The first-order valence-electron chi connectivity index (χ1n) is 13.5. The topological polar surface area (TPSA) is 121 Å². The highest BCUT2D eigenvalue weighted by molar-refractivity contribution is 5.14. The van der Waals surface area contributed by atoms with E-state index in [0.29, 0.717) is 36.0 Å². The average Bonchev–Trinajstić information content (AvgIpc) is 3.13. The minimum Gasteiger partial charge on any atom is -0.396 e. The molecule has 0 heterocycles. The summed E-state index contributed by atoms with van der Waals surface area (Å²) in [4.78, 5) is 0. The molecule has 0 aromatic carbocycles. The van der Waals surface area contributed by atoms with Gasteiger partial charge in [0.05, 0.1) is 37.6 Å². The van der Waals surface area contributed by atoms with Gasteiger partial charge in [0, 0.05) is 5.92 Å². The van der Waals surface area contributed by atoms with Gasteiger partial charge in [0.1, 0.15) is 0 Å². The third-order valence-electron chi connectivity index (χ3n) is 11.5. The Balaban J connectivity index is 1.51. The van der Waals surface area contributed by atoms with Crippen molar-refractivity contribution < 1.29 is 30.6 Å². The fraction of sp³-hybridized carbons (Fsp3) is 1.00. The molecule has 0 aromatic rings. The predicted octanol–water partition coefficient (Wildman–Crippen LogP) is 2.33. The van der Waals surface area contributed by atoms with Crippen LogP contribution in [-0.2, 0) is 0 Å². The monoisotopic (exact) mass is 468 g/mol. The average molecular weight is 469 g/mol. The minimum absolute atomic E-state index is 0.0862. The van der Waals surface area contributed by atoms with Crippen molar-refractivity contribution >= 4 is 0 Å². The summed E-state index contributed by atoms with van der Waals surface area (Å²) >= 11 is 0. The van der Waals surface area contributed by atoms with E-state index < -0.39 is 18.1 Å². The molecule has 4 rings (SSSR count). The quantitative estimate of drug-likeness (QED) is 0.341. The van der Waals surface area contributed by atoms with Crippen molar-refractivity contribution in [2.75, 3.05) is 13.2 Å². The summed E-state index contributed by atoms with van der Waals surface area (Å²) in [7, 11) is 0. The molecular weight excluding hydrogens is 420 g/mol. The first-order valence-corrected chi connectivity index (χ1v) is 13.5. The molecule has 6 nitrogen and oxygen atoms in total. The molecule has 0 radical (unpaired) electrons. The van der Waals surface area contributed by atoms with E-state index in [1.54, 1.807) is 0 Å². The highest BCUT2D eigenvalue weighted by Gasteiger charge is 2.65. The maximum atomic E-state index is 11.6. The Bertz CT molecular complexity index is 669. The van der Waals surface area contributed by atoms with E-state index >= 15 is 0 Å². The van der Waals surface area contributed by atoms with Crippen molar-refractivity contribution in [3.63, 3.8) is 0 Å². The Morgan fingerprint density at radius 2 is 1.58 bits per heavy atom. The Kier molecular flexibility index (Phi) is 7.57. The van der Waals surface area contributed by atoms with Crippen molar-refractivity contribution in [3.05, 3.63) is 0 Å². The fourth-order valence-electron chi connectivity index (χ4n) is 9.30. The van der Waals surface area contributed by atoms with Gasteiger partial charge >= 0.3 is 0 Å². The smallest absolute Gasteiger partial charge is 0.0612 e. The molecule has 192 valence electrons. The van der Waals surface area contributed by atoms with Crippen molar-refractivity contribution in [1.82, 2.24) is 0 Å². The molecule has 0 amide bonds. The second-order valence-corrected chi connectivity index (χ2v) is 12.8. The summed E-state index contributed by atoms with van der Waals surface area (Å²) in [5, 5.41) is 62.4. The van der Waals surface area contributed by atoms with Crippen LogP contribution in [0.1, 0.15) is 78.6 Å². The largest absolute Gasteiger partial charge is 0.396 e. The van der Waals surface area contributed by atoms with Crippen LogP contribution < -0.4 is 0 Å². The first kappa shape index (κ1) is 25.8. The predicted molar refractivity (Wildman–Crippen MR) is 126 cm³/mol. The molecule has 0 aromatic heterocycles. The van der Waals surface area contributed by atoms with Crippen LogP contribution in [0.5, 0.6) is 0 Å². The molecule has 0 spiro atoms. The van der Waals surface area contributed by atoms with Crippen LogP contribution in [0.25, 0.3) is 0 Å². The summed E-state index contributed by atoms with van der Waals surface area (Å²) in [6.07, 6.45) is 5.77. The van der Waals surface area contributed by atoms with E-state index in [-0.39, 0.29) is 42.2 Å². The van der Waals surface area contributed by atoms with Gasteiger partial charge in [0.25, 0.3) is 0 Å². The van der Waals surface area contributed by atoms with Crippen LogP contribution in [-0.4, -0.2) is 68.3 Å². The highest BCUT2D eigenvalue weighted by Crippen LogP contribution is 2.68. The standard InChI is InChI=1S/C27H48O6/c1-15(4-7-22(31)16(13-28)14-29)19-5-6-20-25-21(12-24(33)27(19,20)3)26(2)9-8-18(30)10-17(26)11-23(25)32/h15-25,28-33H,4-14H2,1-3H3/t15?,17-,18+,19+,20-,21-,22?,23+,24-,25-,26-,27+/m0/s1. The Hall–Kier alpha value is -0.240. The number of fused-ring (bicyclic) bond motifs is 5. The lowest BCUT2D eigenvalue weighted by Gasteiger charge is -2.63. The minimum atomic E-state index is -0.716. The van der Waals surface area contributed by atoms with E-state index in [1.165, 1.54) is 0 Å². The van der Waals surface area contributed by atoms with E-state index in [0.717, 1.165) is 51.4 Å². The lowest BCUT2D eigenvalue weighted by atomic mass is 9.43. The number of aliphatic hydroxyl groups excluding tert-OH is 6. The lowest BCUT2D eigenvalue weighted by molar-refractivity contribution is -0.207.